The van der Waals surface area contributed by atoms with E-state index in [9.17, 15) is 26.0 Å². The van der Waals surface area contributed by atoms with Crippen molar-refractivity contribution in [2.24, 2.45) is 5.41 Å². The van der Waals surface area contributed by atoms with Crippen molar-refractivity contribution in [2.75, 3.05) is 0 Å². The Morgan fingerprint density at radius 1 is 1.22 bits per heavy atom. The number of rotatable bonds is 2. The lowest BCUT2D eigenvalue weighted by Crippen LogP contribution is -2.47. The first-order valence-electron chi connectivity index (χ1n) is 5.41. The van der Waals surface area contributed by atoms with E-state index in [1.165, 1.54) is 0 Å². The standard InChI is InChI=1S/C10H12F4O3S/c1-8-2-4-9(5-3-8,6-7(8)11)17-18(15,16)10(12,13)14/h6H,2-5H2,1H3. The van der Waals surface area contributed by atoms with Crippen LogP contribution >= 0.6 is 0 Å². The van der Waals surface area contributed by atoms with Crippen LogP contribution < -0.4 is 0 Å². The summed E-state index contributed by atoms with van der Waals surface area (Å²) in [6, 6.07) is 0. The fraction of sp³-hybridized carbons (Fsp3) is 0.800. The van der Waals surface area contributed by atoms with Crippen LogP contribution in [0.5, 0.6) is 0 Å². The number of allylic oxidation sites excluding steroid dienone is 1. The van der Waals surface area contributed by atoms with Gasteiger partial charge in [-0.3, -0.25) is 4.18 Å². The Labute approximate surface area is 102 Å². The molecule has 104 valence electrons. The molecule has 1 saturated carbocycles. The van der Waals surface area contributed by atoms with Crippen molar-refractivity contribution in [1.29, 1.82) is 0 Å². The van der Waals surface area contributed by atoms with E-state index in [0.29, 0.717) is 0 Å². The Morgan fingerprint density at radius 2 is 1.72 bits per heavy atom. The molecule has 0 spiro atoms. The Morgan fingerprint density at radius 3 is 2.11 bits per heavy atom. The number of hydrogen-bond acceptors (Lipinski definition) is 3. The van der Waals surface area contributed by atoms with Gasteiger partial charge in [0.25, 0.3) is 0 Å². The number of alkyl halides is 3. The molecule has 3 rings (SSSR count). The molecule has 0 aliphatic heterocycles. The van der Waals surface area contributed by atoms with Crippen LogP contribution in [0.4, 0.5) is 17.6 Å². The predicted molar refractivity (Wildman–Crippen MR) is 54.6 cm³/mol. The molecule has 3 aliphatic rings. The summed E-state index contributed by atoms with van der Waals surface area (Å²) in [7, 11) is -5.70. The summed E-state index contributed by atoms with van der Waals surface area (Å²) >= 11 is 0. The SMILES string of the molecule is CC12CCC(OS(=O)(=O)C(F)(F)F)(C=C1F)CC2. The first kappa shape index (κ1) is 13.8. The summed E-state index contributed by atoms with van der Waals surface area (Å²) in [5.41, 5.74) is -7.84. The van der Waals surface area contributed by atoms with E-state index < -0.39 is 32.5 Å². The van der Waals surface area contributed by atoms with Gasteiger partial charge in [-0.15, -0.1) is 0 Å². The highest BCUT2D eigenvalue weighted by atomic mass is 32.2. The lowest BCUT2D eigenvalue weighted by molar-refractivity contribution is -0.0698. The summed E-state index contributed by atoms with van der Waals surface area (Å²) in [5, 5.41) is 0. The highest BCUT2D eigenvalue weighted by Crippen LogP contribution is 2.54. The first-order chi connectivity index (χ1) is 8.00. The molecule has 2 bridgehead atoms. The second-order valence-electron chi connectivity index (χ2n) is 5.10. The smallest absolute Gasteiger partial charge is 0.252 e. The lowest BCUT2D eigenvalue weighted by atomic mass is 9.63. The van der Waals surface area contributed by atoms with Crippen LogP contribution in [0, 0.1) is 5.41 Å². The van der Waals surface area contributed by atoms with Crippen LogP contribution in [0.3, 0.4) is 0 Å². The molecule has 1 fully saturated rings. The van der Waals surface area contributed by atoms with Crippen LogP contribution in [-0.2, 0) is 14.3 Å². The zero-order chi connectivity index (χ0) is 13.8. The third-order valence-corrected chi connectivity index (χ3v) is 4.84. The molecule has 0 atom stereocenters. The van der Waals surface area contributed by atoms with Gasteiger partial charge in [0.15, 0.2) is 0 Å². The van der Waals surface area contributed by atoms with Gasteiger partial charge in [-0.25, -0.2) is 4.39 Å². The second kappa shape index (κ2) is 3.69. The number of hydrogen-bond donors (Lipinski definition) is 0. The average Bonchev–Trinajstić information content (AvgIpc) is 2.19. The van der Waals surface area contributed by atoms with Crippen molar-refractivity contribution in [3.63, 3.8) is 0 Å². The molecule has 0 aromatic rings. The molecule has 3 aliphatic carbocycles. The average molecular weight is 288 g/mol. The summed E-state index contributed by atoms with van der Waals surface area (Å²) in [4.78, 5) is 0. The van der Waals surface area contributed by atoms with Crippen molar-refractivity contribution in [3.8, 4) is 0 Å². The molecule has 18 heavy (non-hydrogen) atoms. The van der Waals surface area contributed by atoms with E-state index in [2.05, 4.69) is 4.18 Å². The van der Waals surface area contributed by atoms with Crippen LogP contribution in [-0.4, -0.2) is 19.5 Å². The van der Waals surface area contributed by atoms with Gasteiger partial charge in [-0.2, -0.15) is 21.6 Å². The maximum Gasteiger partial charge on any atom is 0.523 e. The molecule has 0 amide bonds. The van der Waals surface area contributed by atoms with Gasteiger partial charge in [0.2, 0.25) is 0 Å². The van der Waals surface area contributed by atoms with E-state index >= 15 is 0 Å². The highest BCUT2D eigenvalue weighted by Gasteiger charge is 2.56. The summed E-state index contributed by atoms with van der Waals surface area (Å²) < 4.78 is 76.7. The van der Waals surface area contributed by atoms with Crippen molar-refractivity contribution in [1.82, 2.24) is 0 Å². The predicted octanol–water partition coefficient (Wildman–Crippen LogP) is 3.04. The largest absolute Gasteiger partial charge is 0.523 e. The fourth-order valence-corrected chi connectivity index (χ4v) is 3.13. The molecule has 0 unspecified atom stereocenters. The topological polar surface area (TPSA) is 43.4 Å². The van der Waals surface area contributed by atoms with Crippen molar-refractivity contribution in [3.05, 3.63) is 11.9 Å². The maximum absolute atomic E-state index is 13.7. The molecule has 0 aromatic carbocycles. The molecular formula is C10H12F4O3S. The molecule has 0 radical (unpaired) electrons. The first-order valence-corrected chi connectivity index (χ1v) is 6.81. The van der Waals surface area contributed by atoms with Gasteiger partial charge < -0.3 is 0 Å². The molecule has 8 heteroatoms. The molecule has 3 nitrogen and oxygen atoms in total. The lowest BCUT2D eigenvalue weighted by Gasteiger charge is -2.47. The van der Waals surface area contributed by atoms with Gasteiger partial charge in [-0.05, 0) is 31.8 Å². The van der Waals surface area contributed by atoms with Crippen LogP contribution in [0.2, 0.25) is 0 Å². The normalized spacial score (nSPS) is 36.6. The molecule has 0 saturated heterocycles. The number of fused-ring (bicyclic) bond motifs is 2. The Bertz CT molecular complexity index is 484. The third-order valence-electron chi connectivity index (χ3n) is 3.73. The monoisotopic (exact) mass is 288 g/mol. The van der Waals surface area contributed by atoms with E-state index in [0.717, 1.165) is 6.08 Å². The minimum absolute atomic E-state index is 0.0756. The van der Waals surface area contributed by atoms with Crippen LogP contribution in [0.1, 0.15) is 32.6 Å². The molecular weight excluding hydrogens is 276 g/mol. The summed E-state index contributed by atoms with van der Waals surface area (Å²) in [5.74, 6) is -0.586. The van der Waals surface area contributed by atoms with E-state index in [1.54, 1.807) is 6.92 Å². The minimum atomic E-state index is -5.70. The Hall–Kier alpha value is -0.630. The Kier molecular flexibility index (Phi) is 2.83. The van der Waals surface area contributed by atoms with Crippen LogP contribution in [0.15, 0.2) is 11.9 Å². The summed E-state index contributed by atoms with van der Waals surface area (Å²) in [6.07, 6.45) is 1.60. The molecule has 0 N–H and O–H groups in total. The van der Waals surface area contributed by atoms with Crippen molar-refractivity contribution < 1.29 is 30.2 Å². The zero-order valence-corrected chi connectivity index (χ0v) is 10.4. The number of halogens is 4. The Balaban J connectivity index is 2.32. The van der Waals surface area contributed by atoms with Gasteiger partial charge in [0.05, 0.1) is 0 Å². The highest BCUT2D eigenvalue weighted by molar-refractivity contribution is 7.87. The summed E-state index contributed by atoms with van der Waals surface area (Å²) in [6.45, 7) is 1.67. The van der Waals surface area contributed by atoms with E-state index in [4.69, 9.17) is 0 Å². The van der Waals surface area contributed by atoms with Gasteiger partial charge in [0, 0.05) is 5.41 Å². The fourth-order valence-electron chi connectivity index (χ4n) is 2.39. The van der Waals surface area contributed by atoms with Crippen LogP contribution in [0.25, 0.3) is 0 Å². The molecule has 0 aromatic heterocycles. The molecule has 0 heterocycles. The maximum atomic E-state index is 13.7. The van der Waals surface area contributed by atoms with Gasteiger partial charge >= 0.3 is 15.6 Å². The quantitative estimate of drug-likeness (QED) is 0.445. The van der Waals surface area contributed by atoms with Crippen molar-refractivity contribution in [2.45, 2.75) is 43.7 Å². The van der Waals surface area contributed by atoms with Gasteiger partial charge in [-0.1, -0.05) is 6.92 Å². The second-order valence-corrected chi connectivity index (χ2v) is 6.64. The van der Waals surface area contributed by atoms with Gasteiger partial charge in [0.1, 0.15) is 11.4 Å². The zero-order valence-electron chi connectivity index (χ0n) is 9.55. The van der Waals surface area contributed by atoms with E-state index in [1.807, 2.05) is 0 Å². The third kappa shape index (κ3) is 2.05. The van der Waals surface area contributed by atoms with E-state index in [-0.39, 0.29) is 25.7 Å². The van der Waals surface area contributed by atoms with Crippen molar-refractivity contribution >= 4 is 10.1 Å². The minimum Gasteiger partial charge on any atom is -0.252 e.